The Morgan fingerprint density at radius 1 is 0.923 bits per heavy atom. The second-order valence-corrected chi connectivity index (χ2v) is 8.37. The van der Waals surface area contributed by atoms with Crippen molar-refractivity contribution in [3.8, 4) is 0 Å². The molecule has 2 rings (SSSR count). The average molecular weight is 374 g/mol. The number of ether oxygens (including phenoxy) is 1. The zero-order valence-corrected chi connectivity index (χ0v) is 15.9. The summed E-state index contributed by atoms with van der Waals surface area (Å²) in [6, 6.07) is 13.3. The highest BCUT2D eigenvalue weighted by molar-refractivity contribution is 7.89. The van der Waals surface area contributed by atoms with E-state index in [4.69, 9.17) is 4.74 Å². The fourth-order valence-electron chi connectivity index (χ4n) is 2.46. The number of ketones is 1. The van der Waals surface area contributed by atoms with Crippen molar-refractivity contribution in [2.75, 3.05) is 6.26 Å². The fourth-order valence-corrected chi connectivity index (χ4v) is 3.26. The van der Waals surface area contributed by atoms with Gasteiger partial charge < -0.3 is 4.74 Å². The summed E-state index contributed by atoms with van der Waals surface area (Å²) in [6.45, 7) is 3.56. The van der Waals surface area contributed by atoms with Crippen LogP contribution in [0.15, 0.2) is 48.5 Å². The first kappa shape index (κ1) is 19.8. The molecule has 0 radical (unpaired) electrons. The molecule has 0 saturated carbocycles. The van der Waals surface area contributed by atoms with Crippen molar-refractivity contribution in [2.24, 2.45) is 0 Å². The van der Waals surface area contributed by atoms with Crippen molar-refractivity contribution in [3.05, 3.63) is 70.8 Å². The van der Waals surface area contributed by atoms with Crippen LogP contribution in [0.2, 0.25) is 0 Å². The molecule has 0 aliphatic rings. The maximum atomic E-state index is 12.4. The fraction of sp³-hybridized carbons (Fsp3) is 0.300. The lowest BCUT2D eigenvalue weighted by molar-refractivity contribution is 0.0319. The highest BCUT2D eigenvalue weighted by Gasteiger charge is 2.20. The highest BCUT2D eigenvalue weighted by atomic mass is 32.2. The van der Waals surface area contributed by atoms with E-state index in [9.17, 15) is 18.0 Å². The molecule has 5 nitrogen and oxygen atoms in total. The van der Waals surface area contributed by atoms with Gasteiger partial charge in [-0.2, -0.15) is 0 Å². The second kappa shape index (κ2) is 8.27. The lowest BCUT2D eigenvalue weighted by atomic mass is 10.0. The molecule has 0 spiro atoms. The quantitative estimate of drug-likeness (QED) is 0.549. The molecule has 0 unspecified atom stereocenters. The summed E-state index contributed by atoms with van der Waals surface area (Å²) in [6.07, 6.45) is 1.12. The van der Waals surface area contributed by atoms with E-state index in [0.717, 1.165) is 18.2 Å². The highest BCUT2D eigenvalue weighted by Crippen LogP contribution is 2.13. The van der Waals surface area contributed by atoms with Crippen LogP contribution in [0.1, 0.15) is 45.7 Å². The maximum absolute atomic E-state index is 12.4. The summed E-state index contributed by atoms with van der Waals surface area (Å²) < 4.78 is 27.8. The molecule has 2 aromatic rings. The van der Waals surface area contributed by atoms with Crippen LogP contribution in [0, 0.1) is 0 Å². The van der Waals surface area contributed by atoms with E-state index >= 15 is 0 Å². The molecule has 0 heterocycles. The van der Waals surface area contributed by atoms with Crippen LogP contribution in [-0.2, 0) is 26.7 Å². The zero-order valence-electron chi connectivity index (χ0n) is 15.1. The van der Waals surface area contributed by atoms with E-state index in [1.54, 1.807) is 24.3 Å². The minimum absolute atomic E-state index is 0.0923. The molecule has 138 valence electrons. The first-order chi connectivity index (χ1) is 12.2. The number of esters is 1. The van der Waals surface area contributed by atoms with Gasteiger partial charge in [-0.15, -0.1) is 0 Å². The minimum atomic E-state index is -3.14. The number of hydrogen-bond donors (Lipinski definition) is 0. The molecule has 6 heteroatoms. The number of carbonyl (C=O) groups is 2. The molecule has 0 aromatic heterocycles. The van der Waals surface area contributed by atoms with Gasteiger partial charge in [0, 0.05) is 11.8 Å². The van der Waals surface area contributed by atoms with E-state index in [1.165, 1.54) is 19.1 Å². The van der Waals surface area contributed by atoms with Gasteiger partial charge in [-0.3, -0.25) is 4.79 Å². The van der Waals surface area contributed by atoms with Crippen molar-refractivity contribution in [2.45, 2.75) is 32.1 Å². The van der Waals surface area contributed by atoms with E-state index in [1.807, 2.05) is 19.1 Å². The standard InChI is InChI=1S/C20H22O5S/c1-4-15-5-9-17(10-6-15)19(21)14(2)25-20(22)18-11-7-16(8-12-18)13-26(3,23)24/h5-12,14H,4,13H2,1-3H3/t14-/m1/s1. The van der Waals surface area contributed by atoms with E-state index < -0.39 is 21.9 Å². The second-order valence-electron chi connectivity index (χ2n) is 6.23. The zero-order chi connectivity index (χ0) is 19.3. The molecule has 26 heavy (non-hydrogen) atoms. The average Bonchev–Trinajstić information content (AvgIpc) is 2.60. The van der Waals surface area contributed by atoms with Gasteiger partial charge in [-0.25, -0.2) is 13.2 Å². The van der Waals surface area contributed by atoms with Crippen molar-refractivity contribution >= 4 is 21.6 Å². The molecule has 0 saturated heterocycles. The Morgan fingerprint density at radius 3 is 1.92 bits per heavy atom. The number of sulfone groups is 1. The number of Topliss-reactive ketones (excluding diaryl/α,β-unsaturated/α-hetero) is 1. The van der Waals surface area contributed by atoms with Crippen LogP contribution >= 0.6 is 0 Å². The molecular weight excluding hydrogens is 352 g/mol. The first-order valence-electron chi connectivity index (χ1n) is 8.30. The number of hydrogen-bond acceptors (Lipinski definition) is 5. The molecular formula is C20H22O5S. The van der Waals surface area contributed by atoms with Crippen LogP contribution in [0.5, 0.6) is 0 Å². The third-order valence-electron chi connectivity index (χ3n) is 3.92. The summed E-state index contributed by atoms with van der Waals surface area (Å²) in [5.74, 6) is -0.984. The van der Waals surface area contributed by atoms with Gasteiger partial charge >= 0.3 is 5.97 Å². The van der Waals surface area contributed by atoms with Gasteiger partial charge in [-0.1, -0.05) is 43.3 Å². The molecule has 2 aromatic carbocycles. The molecule has 0 N–H and O–H groups in total. The first-order valence-corrected chi connectivity index (χ1v) is 10.4. The van der Waals surface area contributed by atoms with Crippen molar-refractivity contribution in [1.82, 2.24) is 0 Å². The van der Waals surface area contributed by atoms with Gasteiger partial charge in [0.05, 0.1) is 11.3 Å². The van der Waals surface area contributed by atoms with Gasteiger partial charge in [0.2, 0.25) is 5.78 Å². The molecule has 0 aliphatic heterocycles. The summed E-state index contributed by atoms with van der Waals surface area (Å²) in [7, 11) is -3.14. The number of aryl methyl sites for hydroxylation is 1. The van der Waals surface area contributed by atoms with Gasteiger partial charge in [0.1, 0.15) is 0 Å². The van der Waals surface area contributed by atoms with Crippen LogP contribution < -0.4 is 0 Å². The predicted octanol–water partition coefficient (Wildman–Crippen LogP) is 3.22. The summed E-state index contributed by atoms with van der Waals surface area (Å²) >= 11 is 0. The van der Waals surface area contributed by atoms with Gasteiger partial charge in [0.15, 0.2) is 15.9 Å². The number of rotatable bonds is 7. The Morgan fingerprint density at radius 2 is 1.42 bits per heavy atom. The largest absolute Gasteiger partial charge is 0.451 e. The molecule has 0 amide bonds. The monoisotopic (exact) mass is 374 g/mol. The van der Waals surface area contributed by atoms with Crippen LogP contribution in [0.3, 0.4) is 0 Å². The number of benzene rings is 2. The molecule has 0 fully saturated rings. The lowest BCUT2D eigenvalue weighted by Gasteiger charge is -2.13. The van der Waals surface area contributed by atoms with Crippen LogP contribution in [0.4, 0.5) is 0 Å². The Bertz CT molecular complexity index is 881. The van der Waals surface area contributed by atoms with Gasteiger partial charge in [-0.05, 0) is 36.6 Å². The number of carbonyl (C=O) groups excluding carboxylic acids is 2. The summed E-state index contributed by atoms with van der Waals surface area (Å²) in [5, 5.41) is 0. The Balaban J connectivity index is 2.02. The van der Waals surface area contributed by atoms with Crippen LogP contribution in [-0.4, -0.2) is 32.5 Å². The Labute approximate surface area is 153 Å². The van der Waals surface area contributed by atoms with E-state index in [-0.39, 0.29) is 17.1 Å². The van der Waals surface area contributed by atoms with E-state index in [2.05, 4.69) is 0 Å². The Hall–Kier alpha value is -2.47. The lowest BCUT2D eigenvalue weighted by Crippen LogP contribution is -2.24. The summed E-state index contributed by atoms with van der Waals surface area (Å²) in [5.41, 5.74) is 2.47. The summed E-state index contributed by atoms with van der Waals surface area (Å²) in [4.78, 5) is 24.6. The third kappa shape index (κ3) is 5.52. The third-order valence-corrected chi connectivity index (χ3v) is 4.78. The van der Waals surface area contributed by atoms with Crippen LogP contribution in [0.25, 0.3) is 0 Å². The Kier molecular flexibility index (Phi) is 6.32. The van der Waals surface area contributed by atoms with Crippen molar-refractivity contribution < 1.29 is 22.7 Å². The predicted molar refractivity (Wildman–Crippen MR) is 100 cm³/mol. The SMILES string of the molecule is CCc1ccc(C(=O)[C@@H](C)OC(=O)c2ccc(CS(C)(=O)=O)cc2)cc1. The topological polar surface area (TPSA) is 77.5 Å². The smallest absolute Gasteiger partial charge is 0.338 e. The van der Waals surface area contributed by atoms with Crippen molar-refractivity contribution in [3.63, 3.8) is 0 Å². The maximum Gasteiger partial charge on any atom is 0.338 e. The molecule has 1 atom stereocenters. The van der Waals surface area contributed by atoms with Crippen molar-refractivity contribution in [1.29, 1.82) is 0 Å². The molecule has 0 bridgehead atoms. The minimum Gasteiger partial charge on any atom is -0.451 e. The van der Waals surface area contributed by atoms with E-state index in [0.29, 0.717) is 11.1 Å². The van der Waals surface area contributed by atoms with Gasteiger partial charge in [0.25, 0.3) is 0 Å². The molecule has 0 aliphatic carbocycles. The normalized spacial score (nSPS) is 12.4.